The molecule has 0 aromatic carbocycles. The summed E-state index contributed by atoms with van der Waals surface area (Å²) in [5.74, 6) is 0. The molecule has 0 aromatic rings. The lowest BCUT2D eigenvalue weighted by Crippen LogP contribution is -2.45. The van der Waals surface area contributed by atoms with Gasteiger partial charge in [-0.3, -0.25) is 30.3 Å². The molecular formula is C18H33N3O10. The number of aliphatic hydroxyl groups excluding tert-OH is 3. The highest BCUT2D eigenvalue weighted by molar-refractivity contribution is 5.48. The Morgan fingerprint density at radius 2 is 1.13 bits per heavy atom. The largest absolute Gasteiger partial charge is 0.386 e. The molecule has 0 aliphatic heterocycles. The Morgan fingerprint density at radius 3 is 1.55 bits per heavy atom. The molecule has 13 nitrogen and oxygen atoms in total. The van der Waals surface area contributed by atoms with Gasteiger partial charge in [0.15, 0.2) is 0 Å². The van der Waals surface area contributed by atoms with E-state index in [1.165, 1.54) is 0 Å². The lowest BCUT2D eigenvalue weighted by Gasteiger charge is -2.23. The first-order valence-corrected chi connectivity index (χ1v) is 10.4. The lowest BCUT2D eigenvalue weighted by atomic mass is 9.92. The average Bonchev–Trinajstić information content (AvgIpc) is 2.68. The maximum atomic E-state index is 11.4. The molecule has 0 amide bonds. The minimum absolute atomic E-state index is 0.0232. The fourth-order valence-electron chi connectivity index (χ4n) is 3.41. The first-order chi connectivity index (χ1) is 14.6. The third kappa shape index (κ3) is 11.1. The second-order valence-corrected chi connectivity index (χ2v) is 7.68. The molecule has 0 heterocycles. The van der Waals surface area contributed by atoms with Crippen molar-refractivity contribution in [3.8, 4) is 0 Å². The normalized spacial score (nSPS) is 17.2. The van der Waals surface area contributed by atoms with E-state index in [1.54, 1.807) is 0 Å². The molecule has 0 spiro atoms. The van der Waals surface area contributed by atoms with Crippen LogP contribution in [0.5, 0.6) is 0 Å². The van der Waals surface area contributed by atoms with Gasteiger partial charge >= 0.3 is 0 Å². The van der Waals surface area contributed by atoms with Crippen molar-refractivity contribution in [2.75, 3.05) is 0 Å². The zero-order chi connectivity index (χ0) is 24.0. The zero-order valence-corrected chi connectivity index (χ0v) is 17.7. The highest BCUT2D eigenvalue weighted by atomic mass is 16.6. The monoisotopic (exact) mass is 451 g/mol. The Kier molecular flexibility index (Phi) is 14.4. The molecule has 0 aromatic heterocycles. The van der Waals surface area contributed by atoms with E-state index in [0.29, 0.717) is 25.5 Å². The van der Waals surface area contributed by atoms with Crippen molar-refractivity contribution in [3.05, 3.63) is 30.3 Å². The Morgan fingerprint density at radius 1 is 0.710 bits per heavy atom. The maximum Gasteiger partial charge on any atom is 0.241 e. The van der Waals surface area contributed by atoms with Crippen molar-refractivity contribution in [1.29, 1.82) is 0 Å². The molecule has 0 fully saturated rings. The topological polar surface area (TPSA) is 207 Å². The molecule has 31 heavy (non-hydrogen) atoms. The number of carbonyl (C=O) groups is 1. The molecule has 13 heteroatoms. The van der Waals surface area contributed by atoms with E-state index in [0.717, 1.165) is 6.42 Å². The smallest absolute Gasteiger partial charge is 0.241 e. The Bertz CT molecular complexity index is 577. The van der Waals surface area contributed by atoms with Crippen LogP contribution in [-0.4, -0.2) is 72.8 Å². The number of unbranched alkanes of at least 4 members (excludes halogenated alkanes) is 4. The van der Waals surface area contributed by atoms with Gasteiger partial charge in [0.05, 0.1) is 6.42 Å². The van der Waals surface area contributed by atoms with Crippen LogP contribution >= 0.6 is 0 Å². The van der Waals surface area contributed by atoms with Crippen LogP contribution in [0.25, 0.3) is 0 Å². The maximum absolute atomic E-state index is 11.4. The summed E-state index contributed by atoms with van der Waals surface area (Å²) in [7, 11) is 0. The number of carbonyl (C=O) groups excluding carboxylic acids is 1. The number of rotatable bonds is 19. The van der Waals surface area contributed by atoms with Gasteiger partial charge in [0.1, 0.15) is 24.6 Å². The van der Waals surface area contributed by atoms with Gasteiger partial charge in [0.25, 0.3) is 0 Å². The summed E-state index contributed by atoms with van der Waals surface area (Å²) in [6.07, 6.45) is -3.24. The summed E-state index contributed by atoms with van der Waals surface area (Å²) >= 11 is 0. The second kappa shape index (κ2) is 15.5. The summed E-state index contributed by atoms with van der Waals surface area (Å²) in [5, 5.41) is 64.4. The van der Waals surface area contributed by atoms with Gasteiger partial charge in [-0.2, -0.15) is 0 Å². The summed E-state index contributed by atoms with van der Waals surface area (Å²) < 4.78 is 0. The number of nitro groups is 3. The lowest BCUT2D eigenvalue weighted by molar-refractivity contribution is -0.556. The van der Waals surface area contributed by atoms with E-state index in [9.17, 15) is 50.5 Å². The van der Waals surface area contributed by atoms with Crippen LogP contribution in [0.4, 0.5) is 0 Å². The van der Waals surface area contributed by atoms with Gasteiger partial charge in [-0.1, -0.05) is 19.8 Å². The summed E-state index contributed by atoms with van der Waals surface area (Å²) in [6, 6.07) is -4.75. The first-order valence-electron chi connectivity index (χ1n) is 10.4. The van der Waals surface area contributed by atoms with Crippen molar-refractivity contribution >= 4 is 6.29 Å². The number of hydrogen-bond acceptors (Lipinski definition) is 10. The second-order valence-electron chi connectivity index (χ2n) is 7.68. The molecule has 6 unspecified atom stereocenters. The number of aldehydes is 1. The predicted octanol–water partition coefficient (Wildman–Crippen LogP) is 1.12. The third-order valence-corrected chi connectivity index (χ3v) is 5.29. The van der Waals surface area contributed by atoms with Crippen molar-refractivity contribution in [2.24, 2.45) is 0 Å². The van der Waals surface area contributed by atoms with Crippen LogP contribution in [-0.2, 0) is 4.79 Å². The van der Waals surface area contributed by atoms with Gasteiger partial charge in [0, 0.05) is 40.5 Å². The summed E-state index contributed by atoms with van der Waals surface area (Å²) in [6.45, 7) is 1.89. The molecule has 0 saturated carbocycles. The van der Waals surface area contributed by atoms with E-state index in [2.05, 4.69) is 0 Å². The highest BCUT2D eigenvalue weighted by Gasteiger charge is 2.41. The van der Waals surface area contributed by atoms with Crippen LogP contribution in [0.1, 0.15) is 71.1 Å². The van der Waals surface area contributed by atoms with Gasteiger partial charge < -0.3 is 20.1 Å². The minimum atomic E-state index is -1.85. The molecule has 0 bridgehead atoms. The van der Waals surface area contributed by atoms with Crippen molar-refractivity contribution in [3.63, 3.8) is 0 Å². The fourth-order valence-corrected chi connectivity index (χ4v) is 3.41. The summed E-state index contributed by atoms with van der Waals surface area (Å²) in [5.41, 5.74) is 0. The van der Waals surface area contributed by atoms with Crippen LogP contribution in [0, 0.1) is 30.3 Å². The first kappa shape index (κ1) is 28.8. The van der Waals surface area contributed by atoms with E-state index >= 15 is 0 Å². The van der Waals surface area contributed by atoms with Crippen LogP contribution in [0.15, 0.2) is 0 Å². The number of nitrogens with zero attached hydrogens (tertiary/aromatic N) is 3. The molecule has 6 atom stereocenters. The molecule has 0 aliphatic rings. The van der Waals surface area contributed by atoms with E-state index in [4.69, 9.17) is 0 Å². The minimum Gasteiger partial charge on any atom is -0.386 e. The quantitative estimate of drug-likeness (QED) is 0.110. The van der Waals surface area contributed by atoms with E-state index < -0.39 is 64.0 Å². The molecule has 3 N–H and O–H groups in total. The Hall–Kier alpha value is -2.25. The van der Waals surface area contributed by atoms with Crippen LogP contribution in [0.2, 0.25) is 0 Å². The Labute approximate surface area is 179 Å². The number of aliphatic hydroxyl groups is 3. The van der Waals surface area contributed by atoms with E-state index in [-0.39, 0.29) is 25.7 Å². The van der Waals surface area contributed by atoms with Gasteiger partial charge in [-0.25, -0.2) is 0 Å². The standard InChI is InChI=1S/C18H33N3O10/c1-2-3-5-8-13(19(26)27)16(23)11-15(21(30)31)18(25)12-17(24)14(20(28)29)9-6-4-7-10-22/h10,13-18,23-25H,2-9,11-12H2,1H3. The van der Waals surface area contributed by atoms with Gasteiger partial charge in [-0.05, 0) is 19.3 Å². The molecule has 0 rings (SSSR count). The van der Waals surface area contributed by atoms with Gasteiger partial charge in [-0.15, -0.1) is 0 Å². The van der Waals surface area contributed by atoms with Gasteiger partial charge in [0.2, 0.25) is 18.1 Å². The van der Waals surface area contributed by atoms with Crippen molar-refractivity contribution < 1.29 is 34.9 Å². The van der Waals surface area contributed by atoms with Crippen molar-refractivity contribution in [2.45, 2.75) is 108 Å². The molecule has 0 saturated heterocycles. The zero-order valence-electron chi connectivity index (χ0n) is 17.7. The average molecular weight is 451 g/mol. The predicted molar refractivity (Wildman–Crippen MR) is 108 cm³/mol. The summed E-state index contributed by atoms with van der Waals surface area (Å²) in [4.78, 5) is 41.7. The highest BCUT2D eigenvalue weighted by Crippen LogP contribution is 2.21. The van der Waals surface area contributed by atoms with E-state index in [1.807, 2.05) is 6.92 Å². The molecular weight excluding hydrogens is 418 g/mol. The molecule has 0 aliphatic carbocycles. The van der Waals surface area contributed by atoms with Crippen molar-refractivity contribution in [1.82, 2.24) is 0 Å². The van der Waals surface area contributed by atoms with Crippen LogP contribution in [0.3, 0.4) is 0 Å². The molecule has 180 valence electrons. The van der Waals surface area contributed by atoms with Crippen LogP contribution < -0.4 is 0 Å². The number of hydrogen-bond donors (Lipinski definition) is 3. The third-order valence-electron chi connectivity index (χ3n) is 5.29. The molecule has 0 radical (unpaired) electrons. The fraction of sp³-hybridized carbons (Fsp3) is 0.944. The Balaban J connectivity index is 5.09. The SMILES string of the molecule is CCCCCC(C(O)CC(C(O)CC(O)C(CCCCC=O)[N+](=O)[O-])[N+](=O)[O-])[N+](=O)[O-].